The predicted molar refractivity (Wildman–Crippen MR) is 120 cm³/mol. The van der Waals surface area contributed by atoms with Crippen LogP contribution in [0.15, 0.2) is 30.6 Å². The number of nitrogens with zero attached hydrogens (tertiary/aromatic N) is 3. The van der Waals surface area contributed by atoms with Crippen molar-refractivity contribution < 1.29 is 13.2 Å². The molecule has 0 radical (unpaired) electrons. The van der Waals surface area contributed by atoms with E-state index < -0.39 is 12.6 Å². The molecule has 0 saturated carbocycles. The summed E-state index contributed by atoms with van der Waals surface area (Å²) in [6.07, 6.45) is -1.72. The molecule has 10 heteroatoms. The molecule has 31 heavy (non-hydrogen) atoms. The van der Waals surface area contributed by atoms with E-state index in [1.807, 2.05) is 12.1 Å². The summed E-state index contributed by atoms with van der Waals surface area (Å²) in [7, 11) is 0. The van der Waals surface area contributed by atoms with E-state index in [1.165, 1.54) is 6.33 Å². The Morgan fingerprint density at radius 3 is 2.61 bits per heavy atom. The van der Waals surface area contributed by atoms with Crippen LogP contribution in [0.25, 0.3) is 10.2 Å². The average molecular weight is 489 g/mol. The van der Waals surface area contributed by atoms with Crippen molar-refractivity contribution in [1.82, 2.24) is 14.9 Å². The van der Waals surface area contributed by atoms with Gasteiger partial charge < -0.3 is 5.32 Å². The number of anilines is 1. The third-order valence-corrected chi connectivity index (χ3v) is 7.06. The zero-order valence-corrected chi connectivity index (χ0v) is 18.9. The summed E-state index contributed by atoms with van der Waals surface area (Å²) in [6, 6.07) is 7.13. The summed E-state index contributed by atoms with van der Waals surface area (Å²) in [6.45, 7) is 3.43. The summed E-state index contributed by atoms with van der Waals surface area (Å²) in [5, 5.41) is 5.31. The van der Waals surface area contributed by atoms with Crippen molar-refractivity contribution in [1.29, 1.82) is 0 Å². The minimum atomic E-state index is -4.23. The zero-order valence-electron chi connectivity index (χ0n) is 16.6. The molecule has 0 aliphatic carbocycles. The molecule has 1 N–H and O–H groups in total. The lowest BCUT2D eigenvalue weighted by Crippen LogP contribution is -2.35. The summed E-state index contributed by atoms with van der Waals surface area (Å²) in [4.78, 5) is 11.6. The van der Waals surface area contributed by atoms with E-state index in [2.05, 4.69) is 20.2 Å². The molecular formula is C21H21Cl2F3N4S. The van der Waals surface area contributed by atoms with Gasteiger partial charge in [0.1, 0.15) is 17.0 Å². The first-order valence-corrected chi connectivity index (χ1v) is 11.5. The first-order valence-electron chi connectivity index (χ1n) is 9.97. The van der Waals surface area contributed by atoms with E-state index in [4.69, 9.17) is 23.2 Å². The largest absolute Gasteiger partial charge is 0.393 e. The number of likely N-dealkylation sites (tertiary alicyclic amines) is 1. The Kier molecular flexibility index (Phi) is 6.91. The van der Waals surface area contributed by atoms with Gasteiger partial charge in [-0.15, -0.1) is 11.3 Å². The molecular weight excluding hydrogens is 468 g/mol. The van der Waals surface area contributed by atoms with Crippen molar-refractivity contribution in [3.8, 4) is 0 Å². The van der Waals surface area contributed by atoms with E-state index in [9.17, 15) is 13.2 Å². The van der Waals surface area contributed by atoms with Crippen molar-refractivity contribution in [2.75, 3.05) is 25.0 Å². The van der Waals surface area contributed by atoms with Crippen LogP contribution in [0.5, 0.6) is 0 Å². The fourth-order valence-electron chi connectivity index (χ4n) is 3.81. The maximum atomic E-state index is 12.7. The minimum Gasteiger partial charge on any atom is -0.369 e. The zero-order chi connectivity index (χ0) is 22.0. The smallest absolute Gasteiger partial charge is 0.369 e. The van der Waals surface area contributed by atoms with Gasteiger partial charge in [0.05, 0.1) is 11.8 Å². The van der Waals surface area contributed by atoms with E-state index in [0.29, 0.717) is 32.0 Å². The summed E-state index contributed by atoms with van der Waals surface area (Å²) in [5.41, 5.74) is 1.07. The lowest BCUT2D eigenvalue weighted by Gasteiger charge is -2.32. The van der Waals surface area contributed by atoms with Crippen molar-refractivity contribution in [3.63, 3.8) is 0 Å². The summed E-state index contributed by atoms with van der Waals surface area (Å²) >= 11 is 13.3. The number of benzene rings is 1. The normalized spacial score (nSPS) is 16.2. The second-order valence-electron chi connectivity index (χ2n) is 7.78. The number of nitrogens with one attached hydrogen (secondary N) is 1. The second-order valence-corrected chi connectivity index (χ2v) is 9.74. The molecule has 4 nitrogen and oxygen atoms in total. The predicted octanol–water partition coefficient (Wildman–Crippen LogP) is 6.43. The van der Waals surface area contributed by atoms with Gasteiger partial charge in [-0.2, -0.15) is 13.2 Å². The number of halogens is 5. The van der Waals surface area contributed by atoms with Crippen molar-refractivity contribution in [2.24, 2.45) is 5.92 Å². The highest BCUT2D eigenvalue weighted by Crippen LogP contribution is 2.33. The molecule has 1 aliphatic rings. The molecule has 3 aromatic rings. The summed E-state index contributed by atoms with van der Waals surface area (Å²) in [5.74, 6) is 1.07. The number of piperidine rings is 1. The molecule has 1 aliphatic heterocycles. The first-order chi connectivity index (χ1) is 14.8. The third-order valence-electron chi connectivity index (χ3n) is 5.43. The number of fused-ring (bicyclic) bond motifs is 1. The Labute approximate surface area is 192 Å². The van der Waals surface area contributed by atoms with Crippen LogP contribution < -0.4 is 5.32 Å². The molecule has 0 atom stereocenters. The lowest BCUT2D eigenvalue weighted by atomic mass is 9.96. The fraction of sp³-hybridized carbons (Fsp3) is 0.429. The van der Waals surface area contributed by atoms with Gasteiger partial charge in [0, 0.05) is 28.0 Å². The third kappa shape index (κ3) is 6.00. The monoisotopic (exact) mass is 488 g/mol. The van der Waals surface area contributed by atoms with Crippen molar-refractivity contribution in [2.45, 2.75) is 32.0 Å². The van der Waals surface area contributed by atoms with Crippen LogP contribution in [-0.4, -0.2) is 40.7 Å². The van der Waals surface area contributed by atoms with Crippen LogP contribution in [0.2, 0.25) is 10.0 Å². The van der Waals surface area contributed by atoms with Gasteiger partial charge in [-0.1, -0.05) is 29.3 Å². The topological polar surface area (TPSA) is 41.0 Å². The van der Waals surface area contributed by atoms with E-state index in [1.54, 1.807) is 12.1 Å². The SMILES string of the molecule is FC(F)(F)Cc1cc2c(NCC3CCN(Cc4ccc(Cl)cc4Cl)CC3)ncnc2s1. The number of thiophene rings is 1. The van der Waals surface area contributed by atoms with Crippen LogP contribution in [-0.2, 0) is 13.0 Å². The first kappa shape index (κ1) is 22.6. The maximum Gasteiger partial charge on any atom is 0.393 e. The van der Waals surface area contributed by atoms with Gasteiger partial charge >= 0.3 is 6.18 Å². The van der Waals surface area contributed by atoms with Crippen LogP contribution >= 0.6 is 34.5 Å². The van der Waals surface area contributed by atoms with Crippen LogP contribution in [0, 0.1) is 5.92 Å². The van der Waals surface area contributed by atoms with Gasteiger partial charge in [0.2, 0.25) is 0 Å². The Bertz CT molecular complexity index is 1050. The molecule has 3 heterocycles. The number of aromatic nitrogens is 2. The van der Waals surface area contributed by atoms with Gasteiger partial charge in [-0.3, -0.25) is 4.90 Å². The molecule has 1 fully saturated rings. The molecule has 0 amide bonds. The molecule has 0 spiro atoms. The molecule has 2 aromatic heterocycles. The Hall–Kier alpha value is -1.61. The second kappa shape index (κ2) is 9.48. The molecule has 1 aromatic carbocycles. The highest BCUT2D eigenvalue weighted by molar-refractivity contribution is 7.18. The molecule has 1 saturated heterocycles. The number of alkyl halides is 3. The molecule has 0 bridgehead atoms. The number of rotatable bonds is 6. The number of hydrogen-bond acceptors (Lipinski definition) is 5. The van der Waals surface area contributed by atoms with Crippen molar-refractivity contribution in [3.05, 3.63) is 51.1 Å². The number of hydrogen-bond donors (Lipinski definition) is 1. The highest BCUT2D eigenvalue weighted by Gasteiger charge is 2.29. The molecule has 0 unspecified atom stereocenters. The Balaban J connectivity index is 1.32. The highest BCUT2D eigenvalue weighted by atomic mass is 35.5. The van der Waals surface area contributed by atoms with E-state index in [-0.39, 0.29) is 4.88 Å². The Morgan fingerprint density at radius 1 is 1.13 bits per heavy atom. The van der Waals surface area contributed by atoms with E-state index in [0.717, 1.165) is 55.9 Å². The van der Waals surface area contributed by atoms with Gasteiger partial charge in [-0.25, -0.2) is 9.97 Å². The summed E-state index contributed by atoms with van der Waals surface area (Å²) < 4.78 is 38.1. The maximum absolute atomic E-state index is 12.7. The molecule has 4 rings (SSSR count). The van der Waals surface area contributed by atoms with Gasteiger partial charge in [0.25, 0.3) is 0 Å². The quantitative estimate of drug-likeness (QED) is 0.434. The average Bonchev–Trinajstić information content (AvgIpc) is 3.10. The lowest BCUT2D eigenvalue weighted by molar-refractivity contribution is -0.126. The molecule has 166 valence electrons. The van der Waals surface area contributed by atoms with Crippen molar-refractivity contribution >= 4 is 50.6 Å². The standard InChI is InChI=1S/C21H21Cl2F3N4S/c22-15-2-1-14(18(23)7-15)11-30-5-3-13(4-6-30)10-27-19-17-8-16(9-21(24,25)26)31-20(17)29-12-28-19/h1-2,7-8,12-13H,3-6,9-11H2,(H,27,28,29). The van der Waals surface area contributed by atoms with Crippen LogP contribution in [0.4, 0.5) is 19.0 Å². The van der Waals surface area contributed by atoms with Gasteiger partial charge in [0.15, 0.2) is 0 Å². The fourth-order valence-corrected chi connectivity index (χ4v) is 5.31. The van der Waals surface area contributed by atoms with Crippen LogP contribution in [0.1, 0.15) is 23.3 Å². The van der Waals surface area contributed by atoms with E-state index >= 15 is 0 Å². The van der Waals surface area contributed by atoms with Crippen LogP contribution in [0.3, 0.4) is 0 Å². The minimum absolute atomic E-state index is 0.250. The van der Waals surface area contributed by atoms with Gasteiger partial charge in [-0.05, 0) is 55.6 Å². The Morgan fingerprint density at radius 2 is 1.90 bits per heavy atom.